The van der Waals surface area contributed by atoms with Crippen molar-refractivity contribution < 1.29 is 13.5 Å². The normalized spacial score (nSPS) is 30.3. The van der Waals surface area contributed by atoms with Gasteiger partial charge in [-0.1, -0.05) is 0 Å². The van der Waals surface area contributed by atoms with Crippen molar-refractivity contribution in [1.29, 1.82) is 0 Å². The maximum atomic E-state index is 11.5. The van der Waals surface area contributed by atoms with Gasteiger partial charge in [0.05, 0.1) is 17.2 Å². The summed E-state index contributed by atoms with van der Waals surface area (Å²) < 4.78 is 25.1. The number of hydrogen-bond donors (Lipinski definition) is 1. The van der Waals surface area contributed by atoms with Gasteiger partial charge in [-0.2, -0.15) is 0 Å². The van der Waals surface area contributed by atoms with E-state index in [1.165, 1.54) is 0 Å². The van der Waals surface area contributed by atoms with Gasteiger partial charge in [0, 0.05) is 31.7 Å². The number of aliphatic hydroxyl groups excluding tert-OH is 1. The summed E-state index contributed by atoms with van der Waals surface area (Å²) in [6.45, 7) is 1.09. The summed E-state index contributed by atoms with van der Waals surface area (Å²) in [7, 11) is -2.85. The zero-order chi connectivity index (χ0) is 12.8. The van der Waals surface area contributed by atoms with Crippen LogP contribution in [0.15, 0.2) is 6.20 Å². The van der Waals surface area contributed by atoms with Crippen molar-refractivity contribution in [2.24, 2.45) is 5.92 Å². The summed E-state index contributed by atoms with van der Waals surface area (Å²) in [4.78, 5) is 4.58. The second kappa shape index (κ2) is 4.35. The Labute approximate surface area is 107 Å². The molecular formula is C12H18N2O3S. The molecule has 1 aromatic rings. The van der Waals surface area contributed by atoms with Crippen LogP contribution in [0.5, 0.6) is 0 Å². The summed E-state index contributed by atoms with van der Waals surface area (Å²) in [6.07, 6.45) is 4.48. The van der Waals surface area contributed by atoms with Crippen LogP contribution < -0.4 is 0 Å². The van der Waals surface area contributed by atoms with E-state index in [1.54, 1.807) is 0 Å². The zero-order valence-electron chi connectivity index (χ0n) is 10.2. The molecule has 0 radical (unpaired) electrons. The summed E-state index contributed by atoms with van der Waals surface area (Å²) in [5.41, 5.74) is 0.921. The molecule has 3 rings (SSSR count). The van der Waals surface area contributed by atoms with Crippen molar-refractivity contribution >= 4 is 9.84 Å². The van der Waals surface area contributed by atoms with E-state index in [9.17, 15) is 13.5 Å². The first-order valence-electron chi connectivity index (χ1n) is 6.44. The van der Waals surface area contributed by atoms with Crippen LogP contribution in [-0.2, 0) is 22.8 Å². The van der Waals surface area contributed by atoms with E-state index in [0.29, 0.717) is 18.1 Å². The van der Waals surface area contributed by atoms with Crippen molar-refractivity contribution in [1.82, 2.24) is 9.55 Å². The molecule has 2 atom stereocenters. The number of sulfone groups is 1. The van der Waals surface area contributed by atoms with E-state index in [0.717, 1.165) is 30.9 Å². The Morgan fingerprint density at radius 3 is 2.94 bits per heavy atom. The molecule has 18 heavy (non-hydrogen) atoms. The van der Waals surface area contributed by atoms with E-state index in [2.05, 4.69) is 9.55 Å². The highest BCUT2D eigenvalue weighted by Gasteiger charge is 2.32. The molecule has 0 amide bonds. The molecule has 0 saturated carbocycles. The Morgan fingerprint density at radius 1 is 1.44 bits per heavy atom. The van der Waals surface area contributed by atoms with Crippen molar-refractivity contribution in [2.45, 2.75) is 31.7 Å². The van der Waals surface area contributed by atoms with Crippen LogP contribution in [0.25, 0.3) is 0 Å². The lowest BCUT2D eigenvalue weighted by atomic mass is 9.99. The van der Waals surface area contributed by atoms with Gasteiger partial charge in [-0.25, -0.2) is 13.4 Å². The fourth-order valence-corrected chi connectivity index (χ4v) is 4.66. The van der Waals surface area contributed by atoms with Crippen LogP contribution in [0.4, 0.5) is 0 Å². The molecule has 2 unspecified atom stereocenters. The fourth-order valence-electron chi connectivity index (χ4n) is 2.90. The third-order valence-corrected chi connectivity index (χ3v) is 5.80. The Balaban J connectivity index is 1.82. The van der Waals surface area contributed by atoms with Gasteiger partial charge in [-0.15, -0.1) is 0 Å². The smallest absolute Gasteiger partial charge is 0.151 e. The number of fused-ring (bicyclic) bond motifs is 1. The maximum Gasteiger partial charge on any atom is 0.151 e. The van der Waals surface area contributed by atoms with Gasteiger partial charge in [0.25, 0.3) is 0 Å². The SMILES string of the molecule is O=S1(=O)CCC(c2cn3c(n2)CC(CO)CC3)C1. The van der Waals surface area contributed by atoms with Gasteiger partial charge in [0.15, 0.2) is 9.84 Å². The molecule has 0 aromatic carbocycles. The highest BCUT2D eigenvalue weighted by Crippen LogP contribution is 2.30. The predicted octanol–water partition coefficient (Wildman–Crippen LogP) is 0.340. The average Bonchev–Trinajstić information content (AvgIpc) is 2.90. The van der Waals surface area contributed by atoms with Crippen LogP contribution in [0.3, 0.4) is 0 Å². The molecule has 1 saturated heterocycles. The van der Waals surface area contributed by atoms with Crippen LogP contribution in [0, 0.1) is 5.92 Å². The van der Waals surface area contributed by atoms with Gasteiger partial charge in [-0.3, -0.25) is 0 Å². The number of aromatic nitrogens is 2. The van der Waals surface area contributed by atoms with Crippen molar-refractivity contribution in [3.63, 3.8) is 0 Å². The largest absolute Gasteiger partial charge is 0.396 e. The number of nitrogens with zero attached hydrogens (tertiary/aromatic N) is 2. The first-order valence-corrected chi connectivity index (χ1v) is 8.27. The van der Waals surface area contributed by atoms with Crippen molar-refractivity contribution in [2.75, 3.05) is 18.1 Å². The molecule has 1 aromatic heterocycles. The minimum atomic E-state index is -2.85. The van der Waals surface area contributed by atoms with E-state index in [4.69, 9.17) is 0 Å². The summed E-state index contributed by atoms with van der Waals surface area (Å²) in [5.74, 6) is 1.91. The maximum absolute atomic E-state index is 11.5. The molecular weight excluding hydrogens is 252 g/mol. The Morgan fingerprint density at radius 2 is 2.28 bits per heavy atom. The van der Waals surface area contributed by atoms with Crippen LogP contribution in [0.2, 0.25) is 0 Å². The molecule has 5 nitrogen and oxygen atoms in total. The van der Waals surface area contributed by atoms with E-state index < -0.39 is 9.84 Å². The molecule has 6 heteroatoms. The molecule has 0 aliphatic carbocycles. The number of aliphatic hydroxyl groups is 1. The fraction of sp³-hybridized carbons (Fsp3) is 0.750. The molecule has 2 aliphatic heterocycles. The second-order valence-corrected chi connectivity index (χ2v) is 7.65. The standard InChI is InChI=1S/C12H18N2O3S/c15-7-9-1-3-14-6-11(13-12(14)5-9)10-2-4-18(16,17)8-10/h6,9-10,15H,1-5,7-8H2. The molecule has 100 valence electrons. The first kappa shape index (κ1) is 12.2. The first-order chi connectivity index (χ1) is 8.57. The van der Waals surface area contributed by atoms with Gasteiger partial charge < -0.3 is 9.67 Å². The Kier molecular flexibility index (Phi) is 2.94. The molecule has 1 N–H and O–H groups in total. The van der Waals surface area contributed by atoms with Crippen molar-refractivity contribution in [3.8, 4) is 0 Å². The number of hydrogen-bond acceptors (Lipinski definition) is 4. The average molecular weight is 270 g/mol. The highest BCUT2D eigenvalue weighted by molar-refractivity contribution is 7.91. The van der Waals surface area contributed by atoms with Crippen LogP contribution in [-0.4, -0.2) is 41.2 Å². The molecule has 2 aliphatic rings. The van der Waals surface area contributed by atoms with Gasteiger partial charge in [0.1, 0.15) is 5.82 Å². The number of rotatable bonds is 2. The van der Waals surface area contributed by atoms with E-state index >= 15 is 0 Å². The van der Waals surface area contributed by atoms with Gasteiger partial charge in [0.2, 0.25) is 0 Å². The Hall–Kier alpha value is -0.880. The summed E-state index contributed by atoms with van der Waals surface area (Å²) in [6, 6.07) is 0. The third-order valence-electron chi connectivity index (χ3n) is 4.04. The van der Waals surface area contributed by atoms with Gasteiger partial charge >= 0.3 is 0 Å². The minimum Gasteiger partial charge on any atom is -0.396 e. The summed E-state index contributed by atoms with van der Waals surface area (Å²) in [5, 5.41) is 9.19. The lowest BCUT2D eigenvalue weighted by Crippen LogP contribution is -2.21. The third kappa shape index (κ3) is 2.19. The molecule has 3 heterocycles. The molecule has 0 spiro atoms. The zero-order valence-corrected chi connectivity index (χ0v) is 11.1. The highest BCUT2D eigenvalue weighted by atomic mass is 32.2. The van der Waals surface area contributed by atoms with Crippen LogP contribution in [0.1, 0.15) is 30.3 Å². The van der Waals surface area contributed by atoms with E-state index in [1.807, 2.05) is 6.20 Å². The number of imidazole rings is 1. The monoisotopic (exact) mass is 270 g/mol. The van der Waals surface area contributed by atoms with E-state index in [-0.39, 0.29) is 18.3 Å². The summed E-state index contributed by atoms with van der Waals surface area (Å²) >= 11 is 0. The minimum absolute atomic E-state index is 0.0701. The lowest BCUT2D eigenvalue weighted by molar-refractivity contribution is 0.199. The Bertz CT molecular complexity index is 550. The van der Waals surface area contributed by atoms with Crippen molar-refractivity contribution in [3.05, 3.63) is 17.7 Å². The lowest BCUT2D eigenvalue weighted by Gasteiger charge is -2.20. The number of aryl methyl sites for hydroxylation is 1. The van der Waals surface area contributed by atoms with Gasteiger partial charge in [-0.05, 0) is 18.8 Å². The van der Waals surface area contributed by atoms with Crippen LogP contribution >= 0.6 is 0 Å². The molecule has 1 fully saturated rings. The predicted molar refractivity (Wildman–Crippen MR) is 67.1 cm³/mol. The second-order valence-electron chi connectivity index (χ2n) is 5.42. The topological polar surface area (TPSA) is 72.2 Å². The molecule has 0 bridgehead atoms. The quantitative estimate of drug-likeness (QED) is 0.841.